The second-order valence-electron chi connectivity index (χ2n) is 7.52. The Hall–Kier alpha value is -3.57. The second-order valence-corrected chi connectivity index (χ2v) is 9.43. The molecule has 1 aliphatic rings. The summed E-state index contributed by atoms with van der Waals surface area (Å²) in [7, 11) is -3.72. The number of sulfonamides is 1. The lowest BCUT2D eigenvalue weighted by molar-refractivity contribution is -0.133. The van der Waals surface area contributed by atoms with E-state index in [1.165, 1.54) is 21.4 Å². The summed E-state index contributed by atoms with van der Waals surface area (Å²) in [5.41, 5.74) is 0.902. The lowest BCUT2D eigenvalue weighted by Gasteiger charge is -2.34. The third kappa shape index (κ3) is 3.45. The molecule has 3 aromatic heterocycles. The molecule has 10 nitrogen and oxygen atoms in total. The summed E-state index contributed by atoms with van der Waals surface area (Å²) in [6.07, 6.45) is 4.26. The van der Waals surface area contributed by atoms with Crippen molar-refractivity contribution in [2.24, 2.45) is 0 Å². The van der Waals surface area contributed by atoms with Gasteiger partial charge in [0.1, 0.15) is 17.1 Å². The molecular formula is C21H20N6O4S. The van der Waals surface area contributed by atoms with E-state index in [4.69, 9.17) is 0 Å². The lowest BCUT2D eigenvalue weighted by atomic mass is 10.2. The first-order chi connectivity index (χ1) is 15.4. The minimum Gasteiger partial charge on any atom is -0.345 e. The number of aromatic nitrogens is 4. The topological polar surface area (TPSA) is 121 Å². The van der Waals surface area contributed by atoms with Crippen LogP contribution in [0.15, 0.2) is 64.7 Å². The van der Waals surface area contributed by atoms with Crippen LogP contribution < -0.4 is 5.43 Å². The van der Waals surface area contributed by atoms with Gasteiger partial charge in [0.25, 0.3) is 0 Å². The third-order valence-corrected chi connectivity index (χ3v) is 7.61. The molecule has 0 saturated carbocycles. The van der Waals surface area contributed by atoms with E-state index in [9.17, 15) is 18.0 Å². The number of H-pyrrole nitrogens is 1. The van der Waals surface area contributed by atoms with E-state index < -0.39 is 10.0 Å². The van der Waals surface area contributed by atoms with Crippen LogP contribution in [0, 0.1) is 0 Å². The van der Waals surface area contributed by atoms with Crippen LogP contribution in [0.4, 0.5) is 0 Å². The number of hydrogen-bond acceptors (Lipinski definition) is 6. The molecule has 4 aromatic rings. The van der Waals surface area contributed by atoms with Crippen molar-refractivity contribution in [1.29, 1.82) is 0 Å². The van der Waals surface area contributed by atoms with Gasteiger partial charge in [-0.2, -0.15) is 9.40 Å². The molecule has 164 valence electrons. The van der Waals surface area contributed by atoms with Crippen molar-refractivity contribution >= 4 is 37.9 Å². The number of carbonyl (C=O) groups excluding carboxylic acids is 1. The number of nitrogens with zero attached hydrogens (tertiary/aromatic N) is 5. The first-order valence-corrected chi connectivity index (χ1v) is 11.5. The Balaban J connectivity index is 1.30. The average Bonchev–Trinajstić information content (AvgIpc) is 3.26. The highest BCUT2D eigenvalue weighted by Crippen LogP contribution is 2.25. The van der Waals surface area contributed by atoms with Gasteiger partial charge in [-0.05, 0) is 24.3 Å². The van der Waals surface area contributed by atoms with Gasteiger partial charge in [-0.3, -0.25) is 14.3 Å². The highest BCUT2D eigenvalue weighted by molar-refractivity contribution is 7.89. The van der Waals surface area contributed by atoms with Gasteiger partial charge in [0, 0.05) is 49.3 Å². The summed E-state index contributed by atoms with van der Waals surface area (Å²) in [5.74, 6) is -0.181. The fourth-order valence-electron chi connectivity index (χ4n) is 3.98. The zero-order chi connectivity index (χ0) is 22.3. The summed E-state index contributed by atoms with van der Waals surface area (Å²) in [4.78, 5) is 33.7. The molecule has 5 rings (SSSR count). The smallest absolute Gasteiger partial charge is 0.245 e. The van der Waals surface area contributed by atoms with E-state index in [1.807, 2.05) is 0 Å². The van der Waals surface area contributed by atoms with Crippen LogP contribution in [0.5, 0.6) is 0 Å². The Morgan fingerprint density at radius 2 is 1.78 bits per heavy atom. The van der Waals surface area contributed by atoms with Crippen molar-refractivity contribution in [3.8, 4) is 0 Å². The van der Waals surface area contributed by atoms with Gasteiger partial charge < -0.3 is 9.88 Å². The molecule has 4 heterocycles. The molecule has 1 aromatic carbocycles. The number of amides is 1. The maximum Gasteiger partial charge on any atom is 0.245 e. The number of piperazine rings is 1. The van der Waals surface area contributed by atoms with Crippen LogP contribution in [-0.2, 0) is 21.4 Å². The molecule has 1 aliphatic heterocycles. The van der Waals surface area contributed by atoms with Crippen molar-refractivity contribution in [3.63, 3.8) is 0 Å². The van der Waals surface area contributed by atoms with E-state index in [1.54, 1.807) is 47.5 Å². The number of aromatic amines is 1. The molecule has 0 bridgehead atoms. The summed E-state index contributed by atoms with van der Waals surface area (Å²) >= 11 is 0. The van der Waals surface area contributed by atoms with Crippen LogP contribution >= 0.6 is 0 Å². The molecule has 0 atom stereocenters. The van der Waals surface area contributed by atoms with Gasteiger partial charge in [0.2, 0.25) is 21.4 Å². The average molecular weight is 452 g/mol. The Kier molecular flexibility index (Phi) is 4.98. The summed E-state index contributed by atoms with van der Waals surface area (Å²) in [6.45, 7) is 0.911. The molecule has 1 N–H and O–H groups in total. The number of fused-ring (bicyclic) bond motifs is 2. The highest BCUT2D eigenvalue weighted by atomic mass is 32.2. The van der Waals surface area contributed by atoms with Crippen LogP contribution in [-0.4, -0.2) is 69.5 Å². The number of hydrogen-bond donors (Lipinski definition) is 1. The number of para-hydroxylation sites is 1. The van der Waals surface area contributed by atoms with Gasteiger partial charge >= 0.3 is 0 Å². The van der Waals surface area contributed by atoms with Crippen molar-refractivity contribution in [1.82, 2.24) is 29.0 Å². The monoisotopic (exact) mass is 452 g/mol. The Morgan fingerprint density at radius 1 is 1.03 bits per heavy atom. The summed E-state index contributed by atoms with van der Waals surface area (Å²) in [5, 5.41) is 5.14. The van der Waals surface area contributed by atoms with E-state index in [0.717, 1.165) is 0 Å². The highest BCUT2D eigenvalue weighted by Gasteiger charge is 2.32. The minimum atomic E-state index is -3.72. The molecule has 0 aliphatic carbocycles. The summed E-state index contributed by atoms with van der Waals surface area (Å²) in [6, 6.07) is 10.4. The van der Waals surface area contributed by atoms with Crippen molar-refractivity contribution in [3.05, 3.63) is 65.2 Å². The molecular weight excluding hydrogens is 432 g/mol. The zero-order valence-electron chi connectivity index (χ0n) is 17.0. The SMILES string of the molecule is O=C(Cn1ncc(=O)c2ccccc21)N1CCN(S(=O)(=O)c2c[nH]c3ncccc23)CC1. The predicted octanol–water partition coefficient (Wildman–Crippen LogP) is 0.806. The van der Waals surface area contributed by atoms with Crippen LogP contribution in [0.2, 0.25) is 0 Å². The minimum absolute atomic E-state index is 0.0261. The molecule has 0 unspecified atom stereocenters. The second kappa shape index (κ2) is 7.84. The lowest BCUT2D eigenvalue weighted by Crippen LogP contribution is -2.51. The first-order valence-electron chi connectivity index (χ1n) is 10.1. The Bertz CT molecular complexity index is 1480. The molecule has 1 amide bonds. The molecule has 0 spiro atoms. The molecule has 1 fully saturated rings. The quantitative estimate of drug-likeness (QED) is 0.489. The summed E-state index contributed by atoms with van der Waals surface area (Å²) < 4.78 is 29.2. The largest absolute Gasteiger partial charge is 0.345 e. The van der Waals surface area contributed by atoms with Gasteiger partial charge in [0.05, 0.1) is 11.7 Å². The van der Waals surface area contributed by atoms with Crippen LogP contribution in [0.3, 0.4) is 0 Å². The normalized spacial score (nSPS) is 15.4. The van der Waals surface area contributed by atoms with Crippen LogP contribution in [0.1, 0.15) is 0 Å². The van der Waals surface area contributed by atoms with Gasteiger partial charge in [-0.1, -0.05) is 12.1 Å². The number of benzene rings is 1. The van der Waals surface area contributed by atoms with E-state index in [2.05, 4.69) is 15.1 Å². The standard InChI is InChI=1S/C21H20N6O4S/c28-18-12-24-27(17-6-2-1-4-15(17)18)14-20(29)25-8-10-26(11-9-25)32(30,31)19-13-23-21-16(19)5-3-7-22-21/h1-7,12-13H,8-11,14H2,(H,22,23). The number of pyridine rings is 1. The fraction of sp³-hybridized carbons (Fsp3) is 0.238. The maximum absolute atomic E-state index is 13.1. The first kappa shape index (κ1) is 20.3. The van der Waals surface area contributed by atoms with E-state index >= 15 is 0 Å². The van der Waals surface area contributed by atoms with Gasteiger partial charge in [-0.25, -0.2) is 13.4 Å². The van der Waals surface area contributed by atoms with E-state index in [0.29, 0.717) is 21.9 Å². The molecule has 1 saturated heterocycles. The number of nitrogens with one attached hydrogen (secondary N) is 1. The predicted molar refractivity (Wildman–Crippen MR) is 117 cm³/mol. The zero-order valence-corrected chi connectivity index (χ0v) is 17.8. The van der Waals surface area contributed by atoms with Crippen molar-refractivity contribution < 1.29 is 13.2 Å². The van der Waals surface area contributed by atoms with Crippen molar-refractivity contribution in [2.45, 2.75) is 11.4 Å². The van der Waals surface area contributed by atoms with E-state index in [-0.39, 0.29) is 49.0 Å². The molecule has 11 heteroatoms. The number of rotatable bonds is 4. The Morgan fingerprint density at radius 3 is 2.59 bits per heavy atom. The third-order valence-electron chi connectivity index (χ3n) is 5.67. The molecule has 32 heavy (non-hydrogen) atoms. The number of carbonyl (C=O) groups is 1. The fourth-order valence-corrected chi connectivity index (χ4v) is 5.55. The maximum atomic E-state index is 13.1. The van der Waals surface area contributed by atoms with Gasteiger partial charge in [0.15, 0.2) is 0 Å². The van der Waals surface area contributed by atoms with Crippen molar-refractivity contribution in [2.75, 3.05) is 26.2 Å². The Labute approximate surface area is 183 Å². The van der Waals surface area contributed by atoms with Gasteiger partial charge in [-0.15, -0.1) is 0 Å². The molecule has 0 radical (unpaired) electrons. The van der Waals surface area contributed by atoms with Crippen LogP contribution in [0.25, 0.3) is 21.9 Å².